The minimum Gasteiger partial charge on any atom is -0.398 e. The summed E-state index contributed by atoms with van der Waals surface area (Å²) in [6.07, 6.45) is 0. The molecule has 0 radical (unpaired) electrons. The molecule has 0 aromatic heterocycles. The first-order valence-electron chi connectivity index (χ1n) is 6.71. The van der Waals surface area contributed by atoms with E-state index in [0.29, 0.717) is 11.3 Å². The molecular formula is C17H20N2O. The molecule has 0 spiro atoms. The number of nitrogens with two attached hydrogens (primary N) is 1. The van der Waals surface area contributed by atoms with Crippen LogP contribution in [0.1, 0.15) is 40.0 Å². The largest absolute Gasteiger partial charge is 0.398 e. The Morgan fingerprint density at radius 3 is 2.35 bits per heavy atom. The van der Waals surface area contributed by atoms with Gasteiger partial charge in [-0.3, -0.25) is 4.79 Å². The van der Waals surface area contributed by atoms with Gasteiger partial charge in [0, 0.05) is 11.3 Å². The number of hydrogen-bond donors (Lipinski definition) is 2. The van der Waals surface area contributed by atoms with Crippen molar-refractivity contribution in [1.29, 1.82) is 0 Å². The zero-order chi connectivity index (χ0) is 14.7. The predicted octanol–water partition coefficient (Wildman–Crippen LogP) is 3.38. The van der Waals surface area contributed by atoms with E-state index >= 15 is 0 Å². The molecule has 0 heterocycles. The minimum absolute atomic E-state index is 0.0365. The maximum absolute atomic E-state index is 12.2. The second-order valence-electron chi connectivity index (χ2n) is 5.18. The SMILES string of the molecule is Cc1ccc([C@H](C)NC(=O)c2ccc(C)c(N)c2)cc1. The molecule has 20 heavy (non-hydrogen) atoms. The van der Waals surface area contributed by atoms with Crippen molar-refractivity contribution >= 4 is 11.6 Å². The lowest BCUT2D eigenvalue weighted by molar-refractivity contribution is 0.0940. The van der Waals surface area contributed by atoms with Gasteiger partial charge in [0.05, 0.1) is 6.04 Å². The first-order valence-corrected chi connectivity index (χ1v) is 6.71. The highest BCUT2D eigenvalue weighted by molar-refractivity contribution is 5.95. The quantitative estimate of drug-likeness (QED) is 0.838. The zero-order valence-electron chi connectivity index (χ0n) is 12.1. The van der Waals surface area contributed by atoms with Crippen molar-refractivity contribution in [3.8, 4) is 0 Å². The predicted molar refractivity (Wildman–Crippen MR) is 82.7 cm³/mol. The number of nitrogens with one attached hydrogen (secondary N) is 1. The second kappa shape index (κ2) is 5.78. The van der Waals surface area contributed by atoms with Crippen molar-refractivity contribution in [2.45, 2.75) is 26.8 Å². The normalized spacial score (nSPS) is 11.9. The summed E-state index contributed by atoms with van der Waals surface area (Å²) in [5.41, 5.74) is 10.3. The average molecular weight is 268 g/mol. The van der Waals surface area contributed by atoms with Crippen molar-refractivity contribution < 1.29 is 4.79 Å². The van der Waals surface area contributed by atoms with Gasteiger partial charge < -0.3 is 11.1 Å². The zero-order valence-corrected chi connectivity index (χ0v) is 12.1. The van der Waals surface area contributed by atoms with Crippen LogP contribution in [0.25, 0.3) is 0 Å². The Hall–Kier alpha value is -2.29. The smallest absolute Gasteiger partial charge is 0.251 e. The molecule has 2 rings (SSSR count). The van der Waals surface area contributed by atoms with Gasteiger partial charge in [0.1, 0.15) is 0 Å². The summed E-state index contributed by atoms with van der Waals surface area (Å²) >= 11 is 0. The van der Waals surface area contributed by atoms with Crippen LogP contribution < -0.4 is 11.1 Å². The highest BCUT2D eigenvalue weighted by Crippen LogP contribution is 2.16. The monoisotopic (exact) mass is 268 g/mol. The molecule has 104 valence electrons. The molecule has 3 heteroatoms. The number of carbonyl (C=O) groups excluding carboxylic acids is 1. The number of hydrogen-bond acceptors (Lipinski definition) is 2. The Labute approximate surface area is 119 Å². The molecule has 0 aliphatic carbocycles. The molecule has 1 atom stereocenters. The van der Waals surface area contributed by atoms with E-state index in [9.17, 15) is 4.79 Å². The van der Waals surface area contributed by atoms with Gasteiger partial charge in [-0.2, -0.15) is 0 Å². The van der Waals surface area contributed by atoms with E-state index in [1.54, 1.807) is 12.1 Å². The van der Waals surface area contributed by atoms with Crippen LogP contribution in [0.15, 0.2) is 42.5 Å². The third-order valence-corrected chi connectivity index (χ3v) is 3.47. The molecule has 0 aliphatic rings. The van der Waals surface area contributed by atoms with Gasteiger partial charge in [0.25, 0.3) is 5.91 Å². The standard InChI is InChI=1S/C17H20N2O/c1-11-4-7-14(8-5-11)13(3)19-17(20)15-9-6-12(2)16(18)10-15/h4-10,13H,18H2,1-3H3,(H,19,20)/t13-/m0/s1. The van der Waals surface area contributed by atoms with E-state index in [0.717, 1.165) is 11.1 Å². The first-order chi connectivity index (χ1) is 9.47. The van der Waals surface area contributed by atoms with Gasteiger partial charge in [-0.05, 0) is 44.0 Å². The lowest BCUT2D eigenvalue weighted by Gasteiger charge is -2.15. The average Bonchev–Trinajstić information content (AvgIpc) is 2.42. The summed E-state index contributed by atoms with van der Waals surface area (Å²) in [5.74, 6) is -0.107. The Balaban J connectivity index is 2.10. The van der Waals surface area contributed by atoms with Crippen LogP contribution in [-0.2, 0) is 0 Å². The molecule has 0 fully saturated rings. The van der Waals surface area contributed by atoms with Gasteiger partial charge in [0.15, 0.2) is 0 Å². The fraction of sp³-hybridized carbons (Fsp3) is 0.235. The second-order valence-corrected chi connectivity index (χ2v) is 5.18. The van der Waals surface area contributed by atoms with E-state index in [2.05, 4.69) is 5.32 Å². The van der Waals surface area contributed by atoms with Gasteiger partial charge in [-0.25, -0.2) is 0 Å². The minimum atomic E-state index is -0.107. The lowest BCUT2D eigenvalue weighted by atomic mass is 10.1. The molecule has 0 saturated heterocycles. The number of amides is 1. The fourth-order valence-corrected chi connectivity index (χ4v) is 2.00. The van der Waals surface area contributed by atoms with Crippen molar-refractivity contribution in [2.24, 2.45) is 0 Å². The summed E-state index contributed by atoms with van der Waals surface area (Å²) in [6.45, 7) is 5.94. The molecule has 3 N–H and O–H groups in total. The van der Waals surface area contributed by atoms with Gasteiger partial charge >= 0.3 is 0 Å². The molecule has 0 unspecified atom stereocenters. The molecular weight excluding hydrogens is 248 g/mol. The number of nitrogen functional groups attached to an aromatic ring is 1. The summed E-state index contributed by atoms with van der Waals surface area (Å²) < 4.78 is 0. The number of anilines is 1. The topological polar surface area (TPSA) is 55.1 Å². The summed E-state index contributed by atoms with van der Waals surface area (Å²) in [4.78, 5) is 12.2. The molecule has 2 aromatic rings. The molecule has 2 aromatic carbocycles. The van der Waals surface area contributed by atoms with Crippen LogP contribution in [0.5, 0.6) is 0 Å². The third-order valence-electron chi connectivity index (χ3n) is 3.47. The molecule has 3 nitrogen and oxygen atoms in total. The Kier molecular flexibility index (Phi) is 4.08. The molecule has 0 aliphatic heterocycles. The first kappa shape index (κ1) is 14.1. The van der Waals surface area contributed by atoms with Crippen molar-refractivity contribution in [2.75, 3.05) is 5.73 Å². The number of benzene rings is 2. The van der Waals surface area contributed by atoms with Crippen molar-refractivity contribution in [3.05, 3.63) is 64.7 Å². The Bertz CT molecular complexity index is 617. The molecule has 0 saturated carbocycles. The van der Waals surface area contributed by atoms with E-state index in [4.69, 9.17) is 5.73 Å². The van der Waals surface area contributed by atoms with Crippen LogP contribution in [0.2, 0.25) is 0 Å². The van der Waals surface area contributed by atoms with Gasteiger partial charge in [-0.1, -0.05) is 35.9 Å². The van der Waals surface area contributed by atoms with Crippen LogP contribution in [-0.4, -0.2) is 5.91 Å². The van der Waals surface area contributed by atoms with Crippen LogP contribution in [0.3, 0.4) is 0 Å². The van der Waals surface area contributed by atoms with Gasteiger partial charge in [-0.15, -0.1) is 0 Å². The summed E-state index contributed by atoms with van der Waals surface area (Å²) in [6, 6.07) is 13.5. The van der Waals surface area contributed by atoms with Crippen molar-refractivity contribution in [3.63, 3.8) is 0 Å². The summed E-state index contributed by atoms with van der Waals surface area (Å²) in [7, 11) is 0. The Morgan fingerprint density at radius 2 is 1.75 bits per heavy atom. The number of aryl methyl sites for hydroxylation is 2. The van der Waals surface area contributed by atoms with Gasteiger partial charge in [0.2, 0.25) is 0 Å². The van der Waals surface area contributed by atoms with E-state index < -0.39 is 0 Å². The van der Waals surface area contributed by atoms with Crippen LogP contribution in [0, 0.1) is 13.8 Å². The maximum Gasteiger partial charge on any atom is 0.251 e. The molecule has 1 amide bonds. The third kappa shape index (κ3) is 3.18. The highest BCUT2D eigenvalue weighted by Gasteiger charge is 2.11. The highest BCUT2D eigenvalue weighted by atomic mass is 16.1. The summed E-state index contributed by atoms with van der Waals surface area (Å²) in [5, 5.41) is 2.98. The lowest BCUT2D eigenvalue weighted by Crippen LogP contribution is -2.26. The van der Waals surface area contributed by atoms with Crippen molar-refractivity contribution in [1.82, 2.24) is 5.32 Å². The van der Waals surface area contributed by atoms with Crippen LogP contribution in [0.4, 0.5) is 5.69 Å². The molecule has 0 bridgehead atoms. The number of rotatable bonds is 3. The Morgan fingerprint density at radius 1 is 1.10 bits per heavy atom. The van der Waals surface area contributed by atoms with E-state index in [1.807, 2.05) is 51.1 Å². The number of carbonyl (C=O) groups is 1. The van der Waals surface area contributed by atoms with E-state index in [-0.39, 0.29) is 11.9 Å². The van der Waals surface area contributed by atoms with E-state index in [1.165, 1.54) is 5.56 Å². The fourth-order valence-electron chi connectivity index (χ4n) is 2.00. The maximum atomic E-state index is 12.2. The van der Waals surface area contributed by atoms with Crippen LogP contribution >= 0.6 is 0 Å².